The van der Waals surface area contributed by atoms with E-state index in [1.54, 1.807) is 12.1 Å². The SMILES string of the molecule is Cc1cc(-c2c(C)ccc3c2oc2cc(F)cc(F)c23)[n+](C)cc1-c1ccccc1.Cc1cc(-c2c(C)ccc3c2oc2cc(F)ccc23)[n+](C)cc1-c1ccccc1.Cc1cc(F)c2c(oc3cc(F)ccc32)c1-c1ccc(-c2ccccc2)c[n+]1C. The van der Waals surface area contributed by atoms with E-state index in [4.69, 9.17) is 13.3 Å². The van der Waals surface area contributed by atoms with Gasteiger partial charge in [-0.3, -0.25) is 0 Å². The lowest BCUT2D eigenvalue weighted by molar-refractivity contribution is -0.660. The summed E-state index contributed by atoms with van der Waals surface area (Å²) in [6, 6.07) is 59.6. The molecule has 6 aromatic heterocycles. The number of nitrogens with zero attached hydrogens (tertiary/aromatic N) is 3. The molecule has 0 amide bonds. The molecule has 0 bridgehead atoms. The fourth-order valence-corrected chi connectivity index (χ4v) is 12.4. The van der Waals surface area contributed by atoms with Crippen molar-refractivity contribution in [1.29, 1.82) is 0 Å². The normalized spacial score (nSPS) is 11.5. The summed E-state index contributed by atoms with van der Waals surface area (Å²) < 4.78 is 94.8. The average Bonchev–Trinajstić information content (AvgIpc) is 1.66. The van der Waals surface area contributed by atoms with Crippen LogP contribution in [0.1, 0.15) is 27.8 Å². The quantitative estimate of drug-likeness (QED) is 0.123. The number of hydrogen-bond donors (Lipinski definition) is 0. The summed E-state index contributed by atoms with van der Waals surface area (Å²) in [5, 5.41) is 3.85. The Kier molecular flexibility index (Phi) is 14.6. The molecule has 0 spiro atoms. The van der Waals surface area contributed by atoms with Gasteiger partial charge in [-0.15, -0.1) is 0 Å². The van der Waals surface area contributed by atoms with Crippen LogP contribution in [0.2, 0.25) is 0 Å². The van der Waals surface area contributed by atoms with Gasteiger partial charge in [-0.05, 0) is 116 Å². The van der Waals surface area contributed by atoms with Crippen LogP contribution in [0.25, 0.3) is 133 Å². The maximum atomic E-state index is 14.8. The summed E-state index contributed by atoms with van der Waals surface area (Å²) >= 11 is 0. The van der Waals surface area contributed by atoms with Crippen molar-refractivity contribution < 1.29 is 48.9 Å². The number of pyridine rings is 3. The van der Waals surface area contributed by atoms with Crippen LogP contribution in [-0.2, 0) is 21.1 Å². The topological polar surface area (TPSA) is 51.1 Å². The lowest BCUT2D eigenvalue weighted by Gasteiger charge is -2.10. The molecule has 0 aliphatic heterocycles. The number of furan rings is 3. The maximum absolute atomic E-state index is 14.8. The Morgan fingerprint density at radius 3 is 1.31 bits per heavy atom. The van der Waals surface area contributed by atoms with Gasteiger partial charge >= 0.3 is 0 Å². The van der Waals surface area contributed by atoms with Crippen molar-refractivity contribution in [1.82, 2.24) is 0 Å². The van der Waals surface area contributed by atoms with E-state index < -0.39 is 17.5 Å². The molecule has 0 atom stereocenters. The molecule has 432 valence electrons. The monoisotopic (exact) mass is 1170 g/mol. The van der Waals surface area contributed by atoms with Crippen LogP contribution in [-0.4, -0.2) is 0 Å². The summed E-state index contributed by atoms with van der Waals surface area (Å²) in [6.07, 6.45) is 6.31. The fourth-order valence-electron chi connectivity index (χ4n) is 12.4. The first-order valence-corrected chi connectivity index (χ1v) is 28.9. The Bertz CT molecular complexity index is 5250. The van der Waals surface area contributed by atoms with Crippen LogP contribution >= 0.6 is 0 Å². The minimum Gasteiger partial charge on any atom is -0.455 e. The van der Waals surface area contributed by atoms with Crippen LogP contribution < -0.4 is 13.7 Å². The van der Waals surface area contributed by atoms with Gasteiger partial charge in [0.1, 0.15) is 78.1 Å². The zero-order valence-corrected chi connectivity index (χ0v) is 49.7. The number of hydrogen-bond acceptors (Lipinski definition) is 3. The molecule has 0 unspecified atom stereocenters. The highest BCUT2D eigenvalue weighted by Gasteiger charge is 2.27. The largest absolute Gasteiger partial charge is 0.455 e. The molecule has 15 rings (SSSR count). The van der Waals surface area contributed by atoms with E-state index in [0.29, 0.717) is 43.9 Å². The van der Waals surface area contributed by atoms with E-state index in [2.05, 4.69) is 122 Å². The summed E-state index contributed by atoms with van der Waals surface area (Å²) in [7, 11) is 6.00. The van der Waals surface area contributed by atoms with Crippen LogP contribution in [0.4, 0.5) is 22.0 Å². The molecule has 15 aromatic rings. The summed E-state index contributed by atoms with van der Waals surface area (Å²) in [6.45, 7) is 10.2. The van der Waals surface area contributed by atoms with Gasteiger partial charge in [-0.25, -0.2) is 35.7 Å². The highest BCUT2D eigenvalue weighted by atomic mass is 19.1. The minimum atomic E-state index is -0.647. The number of benzene rings is 9. The molecule has 9 aromatic carbocycles. The lowest BCUT2D eigenvalue weighted by Crippen LogP contribution is -2.31. The first-order valence-electron chi connectivity index (χ1n) is 28.9. The molecular weight excluding hydrogens is 1110 g/mol. The smallest absolute Gasteiger partial charge is 0.216 e. The third-order valence-corrected chi connectivity index (χ3v) is 16.7. The molecule has 6 nitrogen and oxygen atoms in total. The number of halogens is 5. The molecule has 0 saturated carbocycles. The van der Waals surface area contributed by atoms with E-state index in [1.165, 1.54) is 53.1 Å². The Morgan fingerprint density at radius 1 is 0.295 bits per heavy atom. The van der Waals surface area contributed by atoms with Gasteiger partial charge in [0.05, 0.1) is 27.5 Å². The van der Waals surface area contributed by atoms with Gasteiger partial charge in [0.2, 0.25) is 17.1 Å². The Morgan fingerprint density at radius 2 is 0.739 bits per heavy atom. The number of fused-ring (bicyclic) bond motifs is 9. The first-order chi connectivity index (χ1) is 42.5. The molecule has 0 fully saturated rings. The average molecular weight is 1170 g/mol. The zero-order valence-electron chi connectivity index (χ0n) is 49.7. The number of rotatable bonds is 6. The van der Waals surface area contributed by atoms with Gasteiger partial charge in [0.25, 0.3) is 0 Å². The van der Waals surface area contributed by atoms with Crippen molar-refractivity contribution in [3.63, 3.8) is 0 Å². The van der Waals surface area contributed by atoms with Crippen molar-refractivity contribution in [2.45, 2.75) is 34.6 Å². The van der Waals surface area contributed by atoms with Crippen molar-refractivity contribution >= 4 is 65.8 Å². The third kappa shape index (κ3) is 10.2. The minimum absolute atomic E-state index is 0.217. The van der Waals surface area contributed by atoms with Gasteiger partial charge in [-0.1, -0.05) is 115 Å². The van der Waals surface area contributed by atoms with Gasteiger partial charge in [0.15, 0.2) is 24.2 Å². The van der Waals surface area contributed by atoms with Crippen molar-refractivity contribution in [2.24, 2.45) is 21.1 Å². The van der Waals surface area contributed by atoms with Crippen LogP contribution in [0.5, 0.6) is 0 Å². The molecule has 6 heterocycles. The lowest BCUT2D eigenvalue weighted by atomic mass is 9.97. The van der Waals surface area contributed by atoms with E-state index in [1.807, 2.05) is 105 Å². The maximum Gasteiger partial charge on any atom is 0.216 e. The molecule has 11 heteroatoms. The predicted octanol–water partition coefficient (Wildman–Crippen LogP) is 19.5. The van der Waals surface area contributed by atoms with E-state index in [9.17, 15) is 22.0 Å². The Labute approximate surface area is 504 Å². The predicted molar refractivity (Wildman–Crippen MR) is 341 cm³/mol. The second-order valence-corrected chi connectivity index (χ2v) is 22.6. The fraction of sp³-hybridized carbons (Fsp3) is 0.104. The highest BCUT2D eigenvalue weighted by Crippen LogP contribution is 2.42. The van der Waals surface area contributed by atoms with Crippen molar-refractivity contribution in [2.75, 3.05) is 0 Å². The number of aromatic nitrogens is 3. The van der Waals surface area contributed by atoms with E-state index in [-0.39, 0.29) is 17.2 Å². The Balaban J connectivity index is 0.000000122. The molecule has 0 aliphatic carbocycles. The van der Waals surface area contributed by atoms with Gasteiger partial charge in [-0.2, -0.15) is 0 Å². The highest BCUT2D eigenvalue weighted by molar-refractivity contribution is 6.12. The van der Waals surface area contributed by atoms with Crippen LogP contribution in [0.15, 0.2) is 226 Å². The standard InChI is InChI=1S/C26H20F2NO.C26H21FNO.C25H18F2NO/c1-15-9-10-19-25-21(28)12-18(27)13-23(25)30-26(19)24(15)22-11-16(2)20(14-29(22)3)17-7-5-4-6-8-17;1-16-9-11-21-20-12-10-19(27)14-24(20)29-26(21)25(16)23-13-17(2)22(15-28(23)3)18-7-5-4-6-8-18;1-15-12-20(27)24-19-10-9-18(26)13-22(19)29-25(24)23(15)21-11-8-17(14-28(21)2)16-6-4-3-5-7-16/h4-14H,1-3H3;4-15H,1-3H3;3-14H,1-2H3/q3*+1. The molecular formula is C77H59F5N3O3+3. The summed E-state index contributed by atoms with van der Waals surface area (Å²) in [5.41, 5.74) is 20.7. The van der Waals surface area contributed by atoms with Gasteiger partial charge < -0.3 is 13.3 Å². The molecule has 0 aliphatic rings. The summed E-state index contributed by atoms with van der Waals surface area (Å²) in [4.78, 5) is 0. The van der Waals surface area contributed by atoms with Crippen molar-refractivity contribution in [3.8, 4) is 67.2 Å². The van der Waals surface area contributed by atoms with Crippen LogP contribution in [0.3, 0.4) is 0 Å². The first kappa shape index (κ1) is 56.6. The number of aryl methyl sites for hydroxylation is 8. The van der Waals surface area contributed by atoms with E-state index in [0.717, 1.165) is 101 Å². The molecule has 0 saturated heterocycles. The molecule has 0 radical (unpaired) electrons. The second kappa shape index (κ2) is 22.7. The van der Waals surface area contributed by atoms with E-state index >= 15 is 0 Å². The van der Waals surface area contributed by atoms with Gasteiger partial charge in [0, 0.05) is 80.7 Å². The van der Waals surface area contributed by atoms with Crippen molar-refractivity contribution in [3.05, 3.63) is 270 Å². The summed E-state index contributed by atoms with van der Waals surface area (Å²) in [5.74, 6) is -2.32. The second-order valence-electron chi connectivity index (χ2n) is 22.6. The molecule has 88 heavy (non-hydrogen) atoms. The Hall–Kier alpha value is -10.5. The van der Waals surface area contributed by atoms with Crippen LogP contribution in [0, 0.1) is 63.7 Å². The zero-order chi connectivity index (χ0) is 61.2. The molecule has 0 N–H and O–H groups in total. The third-order valence-electron chi connectivity index (χ3n) is 16.7.